The molecule has 2 heteroatoms. The third-order valence-corrected chi connectivity index (χ3v) is 1.81. The minimum absolute atomic E-state index is 0. The van der Waals surface area contributed by atoms with Crippen LogP contribution in [0.4, 0.5) is 0 Å². The summed E-state index contributed by atoms with van der Waals surface area (Å²) in [5.74, 6) is 1.58. The van der Waals surface area contributed by atoms with E-state index < -0.39 is 0 Å². The molecule has 0 nitrogen and oxygen atoms in total. The van der Waals surface area contributed by atoms with Gasteiger partial charge in [-0.1, -0.05) is 26.7 Å². The quantitative estimate of drug-likeness (QED) is 0.421. The van der Waals surface area contributed by atoms with Crippen LogP contribution in [0.25, 0.3) is 0 Å². The zero-order valence-electron chi connectivity index (χ0n) is 5.08. The Labute approximate surface area is 73.1 Å². The largest absolute Gasteiger partial charge is 0.316 e. The van der Waals surface area contributed by atoms with Crippen molar-refractivity contribution in [1.29, 1.82) is 0 Å². The summed E-state index contributed by atoms with van der Waals surface area (Å²) in [7, 11) is 0. The Morgan fingerprint density at radius 2 is 1.62 bits per heavy atom. The predicted molar refractivity (Wildman–Crippen MR) is 43.3 cm³/mol. The molecule has 0 amide bonds. The Morgan fingerprint density at radius 3 is 1.62 bits per heavy atom. The lowest BCUT2D eigenvalue weighted by atomic mass is 10.1. The van der Waals surface area contributed by atoms with Crippen LogP contribution in [0.5, 0.6) is 0 Å². The smallest absolute Gasteiger partial charge is 0.126 e. The van der Waals surface area contributed by atoms with Gasteiger partial charge >= 0.3 is 23.1 Å². The van der Waals surface area contributed by atoms with Gasteiger partial charge in [0.2, 0.25) is 0 Å². The van der Waals surface area contributed by atoms with Gasteiger partial charge in [0.1, 0.15) is 0 Å². The minimum atomic E-state index is 0. The number of halogens is 1. The zero-order valence-corrected chi connectivity index (χ0v) is 5.83. The molecule has 0 rings (SSSR count). The van der Waals surface area contributed by atoms with Crippen LogP contribution in [-0.4, -0.2) is 28.9 Å². The van der Waals surface area contributed by atoms with E-state index in [4.69, 9.17) is 11.6 Å². The first-order valence-corrected chi connectivity index (χ1v) is 3.44. The van der Waals surface area contributed by atoms with Crippen molar-refractivity contribution in [2.75, 3.05) is 5.88 Å². The van der Waals surface area contributed by atoms with Crippen LogP contribution in [0.1, 0.15) is 26.7 Å². The molecule has 8 heavy (non-hydrogen) atoms. The molecule has 0 unspecified atom stereocenters. The molecule has 0 aliphatic carbocycles. The zero-order chi connectivity index (χ0) is 5.70. The molecule has 0 fully saturated rings. The number of hydrogen-bond acceptors (Lipinski definition) is 0. The summed E-state index contributed by atoms with van der Waals surface area (Å²) in [5.41, 5.74) is 0. The Hall–Kier alpha value is 1.06. The fraction of sp³-hybridized carbons (Fsp3) is 1.00. The maximum atomic E-state index is 5.57. The monoisotopic (exact) mass is 146 g/mol. The standard InChI is InChI=1S/C6H13Cl.Mg.2H/c1-3-6(4-2)5-7;;;/h6H,3-5H2,1-2H3;;;. The molecule has 48 valence electrons. The molecule has 0 saturated carbocycles. The van der Waals surface area contributed by atoms with Crippen molar-refractivity contribution >= 4 is 34.7 Å². The number of hydrogen-bond donors (Lipinski definition) is 0. The van der Waals surface area contributed by atoms with Crippen LogP contribution in [0.3, 0.4) is 0 Å². The Morgan fingerprint density at radius 1 is 1.25 bits per heavy atom. The Balaban J connectivity index is 0. The molecule has 0 aromatic heterocycles. The molecular weight excluding hydrogens is 132 g/mol. The molecule has 0 aromatic rings. The highest BCUT2D eigenvalue weighted by molar-refractivity contribution is 6.18. The molecule has 0 heterocycles. The summed E-state index contributed by atoms with van der Waals surface area (Å²) in [4.78, 5) is 0. The SMILES string of the molecule is CCC(CC)CCl.[MgH2]. The lowest BCUT2D eigenvalue weighted by molar-refractivity contribution is 0.550. The summed E-state index contributed by atoms with van der Waals surface area (Å²) in [6.07, 6.45) is 2.44. The van der Waals surface area contributed by atoms with Gasteiger partial charge < -0.3 is 0 Å². The van der Waals surface area contributed by atoms with E-state index >= 15 is 0 Å². The summed E-state index contributed by atoms with van der Waals surface area (Å²) >= 11 is 5.57. The highest BCUT2D eigenvalue weighted by Crippen LogP contribution is 2.07. The normalized spacial score (nSPS) is 9.00. The number of alkyl halides is 1. The Bertz CT molecular complexity index is 30.0. The molecule has 0 aromatic carbocycles. The second kappa shape index (κ2) is 8.06. The van der Waals surface area contributed by atoms with E-state index in [0.29, 0.717) is 0 Å². The highest BCUT2D eigenvalue weighted by atomic mass is 35.5. The van der Waals surface area contributed by atoms with Crippen molar-refractivity contribution < 1.29 is 0 Å². The molecule has 0 aliphatic rings. The first-order chi connectivity index (χ1) is 3.35. The van der Waals surface area contributed by atoms with E-state index in [0.717, 1.165) is 11.8 Å². The molecule has 0 spiro atoms. The van der Waals surface area contributed by atoms with Gasteiger partial charge in [0.05, 0.1) is 0 Å². The first kappa shape index (κ1) is 11.8. The van der Waals surface area contributed by atoms with Crippen molar-refractivity contribution in [2.45, 2.75) is 26.7 Å². The maximum Gasteiger partial charge on any atom is 0.316 e. The fourth-order valence-electron chi connectivity index (χ4n) is 0.507. The molecule has 0 saturated heterocycles. The van der Waals surface area contributed by atoms with Gasteiger partial charge in [-0.2, -0.15) is 0 Å². The van der Waals surface area contributed by atoms with Crippen molar-refractivity contribution in [2.24, 2.45) is 5.92 Å². The first-order valence-electron chi connectivity index (χ1n) is 2.91. The maximum absolute atomic E-state index is 5.57. The topological polar surface area (TPSA) is 0 Å². The van der Waals surface area contributed by atoms with E-state index in [2.05, 4.69) is 13.8 Å². The van der Waals surface area contributed by atoms with Crippen LogP contribution in [0.2, 0.25) is 0 Å². The van der Waals surface area contributed by atoms with Gasteiger partial charge in [-0.15, -0.1) is 11.6 Å². The van der Waals surface area contributed by atoms with Crippen LogP contribution < -0.4 is 0 Å². The Kier molecular flexibility index (Phi) is 11.9. The molecule has 0 aliphatic heterocycles. The van der Waals surface area contributed by atoms with Gasteiger partial charge in [-0.3, -0.25) is 0 Å². The summed E-state index contributed by atoms with van der Waals surface area (Å²) in [6, 6.07) is 0. The van der Waals surface area contributed by atoms with Crippen LogP contribution in [0.15, 0.2) is 0 Å². The summed E-state index contributed by atoms with van der Waals surface area (Å²) in [5, 5.41) is 0. The van der Waals surface area contributed by atoms with Crippen LogP contribution in [-0.2, 0) is 0 Å². The van der Waals surface area contributed by atoms with E-state index in [1.165, 1.54) is 12.8 Å². The van der Waals surface area contributed by atoms with Crippen LogP contribution in [0, 0.1) is 5.92 Å². The van der Waals surface area contributed by atoms with Crippen molar-refractivity contribution in [1.82, 2.24) is 0 Å². The fourth-order valence-corrected chi connectivity index (χ4v) is 0.943. The lowest BCUT2D eigenvalue weighted by Gasteiger charge is -2.03. The van der Waals surface area contributed by atoms with Gasteiger partial charge in [-0.25, -0.2) is 0 Å². The predicted octanol–water partition coefficient (Wildman–Crippen LogP) is 1.75. The third kappa shape index (κ3) is 5.20. The highest BCUT2D eigenvalue weighted by Gasteiger charge is 1.97. The van der Waals surface area contributed by atoms with Gasteiger partial charge in [0, 0.05) is 5.88 Å². The number of rotatable bonds is 3. The average Bonchev–Trinajstić information content (AvgIpc) is 1.72. The van der Waals surface area contributed by atoms with Gasteiger partial charge in [0.25, 0.3) is 0 Å². The third-order valence-electron chi connectivity index (χ3n) is 1.37. The molecule has 0 radical (unpaired) electrons. The van der Waals surface area contributed by atoms with Crippen molar-refractivity contribution in [3.63, 3.8) is 0 Å². The van der Waals surface area contributed by atoms with Gasteiger partial charge in [0.15, 0.2) is 0 Å². The van der Waals surface area contributed by atoms with E-state index in [-0.39, 0.29) is 23.1 Å². The van der Waals surface area contributed by atoms with E-state index in [1.807, 2.05) is 0 Å². The van der Waals surface area contributed by atoms with Gasteiger partial charge in [-0.05, 0) is 5.92 Å². The van der Waals surface area contributed by atoms with Crippen molar-refractivity contribution in [3.05, 3.63) is 0 Å². The lowest BCUT2D eigenvalue weighted by Crippen LogP contribution is -1.96. The molecular formula is C6H15ClMg. The van der Waals surface area contributed by atoms with Crippen molar-refractivity contribution in [3.8, 4) is 0 Å². The second-order valence-corrected chi connectivity index (χ2v) is 2.15. The minimum Gasteiger partial charge on any atom is -0.126 e. The van der Waals surface area contributed by atoms with Crippen LogP contribution >= 0.6 is 11.6 Å². The van der Waals surface area contributed by atoms with E-state index in [1.54, 1.807) is 0 Å². The molecule has 0 atom stereocenters. The molecule has 0 bridgehead atoms. The van der Waals surface area contributed by atoms with E-state index in [9.17, 15) is 0 Å². The molecule has 0 N–H and O–H groups in total. The average molecular weight is 147 g/mol. The summed E-state index contributed by atoms with van der Waals surface area (Å²) in [6.45, 7) is 4.35. The summed E-state index contributed by atoms with van der Waals surface area (Å²) < 4.78 is 0. The second-order valence-electron chi connectivity index (χ2n) is 1.84.